The van der Waals surface area contributed by atoms with Crippen LogP contribution in [0.15, 0.2) is 30.3 Å². The molecule has 3 heteroatoms. The van der Waals surface area contributed by atoms with Gasteiger partial charge < -0.3 is 0 Å². The zero-order valence-corrected chi connectivity index (χ0v) is 7.22. The quantitative estimate of drug-likeness (QED) is 0.641. The van der Waals surface area contributed by atoms with Gasteiger partial charge in [0.15, 0.2) is 0 Å². The molecular weight excluding hydrogens is 166 g/mol. The van der Waals surface area contributed by atoms with Gasteiger partial charge in [0, 0.05) is 6.42 Å². The SMILES string of the molecule is O=CN1OCCC1c1ccccc1. The number of hydrogen-bond donors (Lipinski definition) is 0. The lowest BCUT2D eigenvalue weighted by atomic mass is 10.1. The Balaban J connectivity index is 2.21. The lowest BCUT2D eigenvalue weighted by molar-refractivity contribution is -0.161. The first-order valence-electron chi connectivity index (χ1n) is 4.33. The minimum absolute atomic E-state index is 0.0960. The van der Waals surface area contributed by atoms with Crippen molar-refractivity contribution in [3.63, 3.8) is 0 Å². The lowest BCUT2D eigenvalue weighted by Crippen LogP contribution is -2.19. The van der Waals surface area contributed by atoms with Gasteiger partial charge >= 0.3 is 0 Å². The molecule has 0 aliphatic carbocycles. The molecule has 0 bridgehead atoms. The second-order valence-corrected chi connectivity index (χ2v) is 3.01. The van der Waals surface area contributed by atoms with Crippen molar-refractivity contribution in [1.29, 1.82) is 0 Å². The third kappa shape index (κ3) is 1.55. The van der Waals surface area contributed by atoms with Crippen molar-refractivity contribution < 1.29 is 9.63 Å². The van der Waals surface area contributed by atoms with E-state index in [4.69, 9.17) is 4.84 Å². The predicted molar refractivity (Wildman–Crippen MR) is 47.7 cm³/mol. The molecule has 3 nitrogen and oxygen atoms in total. The van der Waals surface area contributed by atoms with E-state index < -0.39 is 0 Å². The molecule has 13 heavy (non-hydrogen) atoms. The van der Waals surface area contributed by atoms with Crippen LogP contribution in [0, 0.1) is 0 Å². The zero-order valence-electron chi connectivity index (χ0n) is 7.22. The molecule has 0 spiro atoms. The van der Waals surface area contributed by atoms with Crippen molar-refractivity contribution in [3.8, 4) is 0 Å². The van der Waals surface area contributed by atoms with Crippen LogP contribution < -0.4 is 0 Å². The molecule has 1 aliphatic rings. The van der Waals surface area contributed by atoms with Gasteiger partial charge in [0.25, 0.3) is 0 Å². The van der Waals surface area contributed by atoms with Crippen LogP contribution in [0.1, 0.15) is 18.0 Å². The third-order valence-corrected chi connectivity index (χ3v) is 2.23. The molecule has 0 radical (unpaired) electrons. The van der Waals surface area contributed by atoms with Crippen LogP contribution >= 0.6 is 0 Å². The van der Waals surface area contributed by atoms with Gasteiger partial charge in [0.05, 0.1) is 12.6 Å². The van der Waals surface area contributed by atoms with Crippen molar-refractivity contribution in [2.45, 2.75) is 12.5 Å². The Morgan fingerprint density at radius 2 is 2.15 bits per heavy atom. The minimum Gasteiger partial charge on any atom is -0.276 e. The van der Waals surface area contributed by atoms with Crippen molar-refractivity contribution in [1.82, 2.24) is 5.06 Å². The summed E-state index contributed by atoms with van der Waals surface area (Å²) in [6.45, 7) is 0.623. The molecule has 1 atom stereocenters. The number of nitrogens with zero attached hydrogens (tertiary/aromatic N) is 1. The fraction of sp³-hybridized carbons (Fsp3) is 0.300. The Morgan fingerprint density at radius 3 is 2.85 bits per heavy atom. The number of rotatable bonds is 2. The van der Waals surface area contributed by atoms with E-state index in [0.717, 1.165) is 18.4 Å². The summed E-state index contributed by atoms with van der Waals surface area (Å²) in [5, 5.41) is 1.38. The molecule has 0 aromatic heterocycles. The Morgan fingerprint density at radius 1 is 1.38 bits per heavy atom. The highest BCUT2D eigenvalue weighted by atomic mass is 16.7. The molecule has 68 valence electrons. The van der Waals surface area contributed by atoms with Crippen LogP contribution in [0.25, 0.3) is 0 Å². The van der Waals surface area contributed by atoms with Gasteiger partial charge in [-0.05, 0) is 5.56 Å². The Kier molecular flexibility index (Phi) is 2.27. The first-order chi connectivity index (χ1) is 6.42. The monoisotopic (exact) mass is 177 g/mol. The van der Waals surface area contributed by atoms with E-state index in [0.29, 0.717) is 6.61 Å². The van der Waals surface area contributed by atoms with Gasteiger partial charge in [-0.1, -0.05) is 30.3 Å². The Bertz CT molecular complexity index is 286. The molecule has 1 unspecified atom stereocenters. The number of benzene rings is 1. The fourth-order valence-corrected chi connectivity index (χ4v) is 1.58. The average Bonchev–Trinajstić information content (AvgIpc) is 2.67. The summed E-state index contributed by atoms with van der Waals surface area (Å²) in [6, 6.07) is 10.0. The highest BCUT2D eigenvalue weighted by Crippen LogP contribution is 2.28. The summed E-state index contributed by atoms with van der Waals surface area (Å²) >= 11 is 0. The summed E-state index contributed by atoms with van der Waals surface area (Å²) in [7, 11) is 0. The summed E-state index contributed by atoms with van der Waals surface area (Å²) in [6.07, 6.45) is 1.62. The van der Waals surface area contributed by atoms with E-state index in [2.05, 4.69) is 0 Å². The van der Waals surface area contributed by atoms with Gasteiger partial charge in [-0.15, -0.1) is 0 Å². The standard InChI is InChI=1S/C10H11NO2/c12-8-11-10(6-7-13-11)9-4-2-1-3-5-9/h1-5,8,10H,6-7H2. The first kappa shape index (κ1) is 8.26. The molecule has 1 aromatic rings. The molecular formula is C10H11NO2. The topological polar surface area (TPSA) is 29.5 Å². The molecule has 1 amide bonds. The largest absolute Gasteiger partial charge is 0.276 e. The van der Waals surface area contributed by atoms with Crippen LogP contribution in [-0.4, -0.2) is 18.1 Å². The Labute approximate surface area is 76.9 Å². The summed E-state index contributed by atoms with van der Waals surface area (Å²) in [5.41, 5.74) is 1.13. The number of carbonyl (C=O) groups excluding carboxylic acids is 1. The van der Waals surface area contributed by atoms with Crippen molar-refractivity contribution >= 4 is 6.41 Å². The maximum absolute atomic E-state index is 10.6. The van der Waals surface area contributed by atoms with Crippen molar-refractivity contribution in [2.75, 3.05) is 6.61 Å². The molecule has 0 saturated carbocycles. The fourth-order valence-electron chi connectivity index (χ4n) is 1.58. The molecule has 1 aliphatic heterocycles. The maximum Gasteiger partial charge on any atom is 0.233 e. The van der Waals surface area contributed by atoms with E-state index in [1.165, 1.54) is 5.06 Å². The Hall–Kier alpha value is -1.35. The molecule has 1 fully saturated rings. The van der Waals surface area contributed by atoms with E-state index in [1.807, 2.05) is 30.3 Å². The summed E-state index contributed by atoms with van der Waals surface area (Å²) in [4.78, 5) is 15.7. The summed E-state index contributed by atoms with van der Waals surface area (Å²) in [5.74, 6) is 0. The highest BCUT2D eigenvalue weighted by molar-refractivity contribution is 5.47. The zero-order chi connectivity index (χ0) is 9.10. The molecule has 1 heterocycles. The van der Waals surface area contributed by atoms with Gasteiger partial charge in [-0.3, -0.25) is 9.63 Å². The second kappa shape index (κ2) is 3.58. The number of amides is 1. The van der Waals surface area contributed by atoms with E-state index >= 15 is 0 Å². The van der Waals surface area contributed by atoms with Crippen LogP contribution in [0.5, 0.6) is 0 Å². The van der Waals surface area contributed by atoms with E-state index in [1.54, 1.807) is 0 Å². The molecule has 1 aromatic carbocycles. The molecule has 1 saturated heterocycles. The van der Waals surface area contributed by atoms with Crippen LogP contribution in [0.4, 0.5) is 0 Å². The van der Waals surface area contributed by atoms with Gasteiger partial charge in [0.2, 0.25) is 6.41 Å². The van der Waals surface area contributed by atoms with Crippen LogP contribution in [-0.2, 0) is 9.63 Å². The average molecular weight is 177 g/mol. The van der Waals surface area contributed by atoms with E-state index in [-0.39, 0.29) is 6.04 Å². The molecule has 0 N–H and O–H groups in total. The number of carbonyl (C=O) groups is 1. The van der Waals surface area contributed by atoms with Crippen molar-refractivity contribution in [2.24, 2.45) is 0 Å². The van der Waals surface area contributed by atoms with E-state index in [9.17, 15) is 4.79 Å². The second-order valence-electron chi connectivity index (χ2n) is 3.01. The third-order valence-electron chi connectivity index (χ3n) is 2.23. The van der Waals surface area contributed by atoms with Gasteiger partial charge in [-0.25, -0.2) is 5.06 Å². The predicted octanol–water partition coefficient (Wildman–Crippen LogP) is 1.52. The summed E-state index contributed by atoms with van der Waals surface area (Å²) < 4.78 is 0. The molecule has 2 rings (SSSR count). The van der Waals surface area contributed by atoms with Crippen LogP contribution in [0.3, 0.4) is 0 Å². The van der Waals surface area contributed by atoms with Crippen molar-refractivity contribution in [3.05, 3.63) is 35.9 Å². The normalized spacial score (nSPS) is 21.8. The lowest BCUT2D eigenvalue weighted by Gasteiger charge is -2.17. The number of hydroxylamine groups is 2. The maximum atomic E-state index is 10.6. The minimum atomic E-state index is 0.0960. The first-order valence-corrected chi connectivity index (χ1v) is 4.33. The smallest absolute Gasteiger partial charge is 0.233 e. The van der Waals surface area contributed by atoms with Gasteiger partial charge in [0.1, 0.15) is 0 Å². The van der Waals surface area contributed by atoms with Gasteiger partial charge in [-0.2, -0.15) is 0 Å². The number of hydrogen-bond acceptors (Lipinski definition) is 2. The highest BCUT2D eigenvalue weighted by Gasteiger charge is 2.25. The van der Waals surface area contributed by atoms with Crippen LogP contribution in [0.2, 0.25) is 0 Å².